The lowest BCUT2D eigenvalue weighted by molar-refractivity contribution is 0.600. The van der Waals surface area contributed by atoms with Crippen molar-refractivity contribution < 1.29 is 0 Å². The third-order valence-corrected chi connectivity index (χ3v) is 3.78. The molecular weight excluding hydrogens is 264 g/mol. The molecule has 1 aliphatic rings. The molecule has 1 aromatic rings. The molecule has 1 aliphatic heterocycles. The summed E-state index contributed by atoms with van der Waals surface area (Å²) in [5.74, 6) is 1.16. The van der Waals surface area contributed by atoms with E-state index in [1.165, 1.54) is 32.2 Å². The first kappa shape index (κ1) is 11.9. The van der Waals surface area contributed by atoms with Crippen molar-refractivity contribution in [2.75, 3.05) is 16.8 Å². The van der Waals surface area contributed by atoms with E-state index in [0.717, 1.165) is 16.8 Å². The number of alkyl halides is 1. The Bertz CT molecular complexity index is 340. The van der Waals surface area contributed by atoms with Crippen molar-refractivity contribution in [1.82, 2.24) is 4.98 Å². The summed E-state index contributed by atoms with van der Waals surface area (Å²) in [6.45, 7) is 3.23. The molecule has 2 rings (SSSR count). The van der Waals surface area contributed by atoms with Crippen molar-refractivity contribution in [3.8, 4) is 0 Å². The second kappa shape index (κ2) is 5.67. The highest BCUT2D eigenvalue weighted by molar-refractivity contribution is 9.09. The van der Waals surface area contributed by atoms with Crippen LogP contribution in [0.1, 0.15) is 31.4 Å². The molecule has 88 valence electrons. The molecule has 16 heavy (non-hydrogen) atoms. The van der Waals surface area contributed by atoms with E-state index in [1.807, 2.05) is 0 Å². The van der Waals surface area contributed by atoms with Gasteiger partial charge in [0.25, 0.3) is 0 Å². The molecule has 0 radical (unpaired) electrons. The van der Waals surface area contributed by atoms with E-state index in [-0.39, 0.29) is 0 Å². The van der Waals surface area contributed by atoms with Gasteiger partial charge in [0, 0.05) is 23.6 Å². The molecule has 0 N–H and O–H groups in total. The standard InChI is InChI=1S/C13H19BrN2/c1-11-5-2-8-13(15-11)16-10-4-7-12(16)6-3-9-14/h2,5,8,12H,3-4,6-7,9-10H2,1H3. The van der Waals surface area contributed by atoms with Gasteiger partial charge in [-0.15, -0.1) is 0 Å². The van der Waals surface area contributed by atoms with Crippen LogP contribution < -0.4 is 4.90 Å². The van der Waals surface area contributed by atoms with Gasteiger partial charge >= 0.3 is 0 Å². The van der Waals surface area contributed by atoms with Gasteiger partial charge in [0.1, 0.15) is 5.82 Å². The van der Waals surface area contributed by atoms with Gasteiger partial charge in [-0.2, -0.15) is 0 Å². The summed E-state index contributed by atoms with van der Waals surface area (Å²) in [6.07, 6.45) is 5.17. The van der Waals surface area contributed by atoms with Gasteiger partial charge in [-0.25, -0.2) is 4.98 Å². The van der Waals surface area contributed by atoms with Crippen LogP contribution in [0.5, 0.6) is 0 Å². The number of hydrogen-bond acceptors (Lipinski definition) is 2. The van der Waals surface area contributed by atoms with Crippen LogP contribution in [0.3, 0.4) is 0 Å². The number of aryl methyl sites for hydroxylation is 1. The van der Waals surface area contributed by atoms with Crippen LogP contribution in [-0.4, -0.2) is 22.9 Å². The highest BCUT2D eigenvalue weighted by Gasteiger charge is 2.24. The minimum atomic E-state index is 0.701. The van der Waals surface area contributed by atoms with Gasteiger partial charge in [-0.3, -0.25) is 0 Å². The topological polar surface area (TPSA) is 16.1 Å². The number of nitrogens with zero attached hydrogens (tertiary/aromatic N) is 2. The molecule has 1 unspecified atom stereocenters. The Morgan fingerprint density at radius 3 is 3.12 bits per heavy atom. The van der Waals surface area contributed by atoms with Crippen LogP contribution >= 0.6 is 15.9 Å². The van der Waals surface area contributed by atoms with Crippen LogP contribution in [0.4, 0.5) is 5.82 Å². The lowest BCUT2D eigenvalue weighted by Crippen LogP contribution is -2.30. The lowest BCUT2D eigenvalue weighted by Gasteiger charge is -2.25. The molecule has 1 saturated heterocycles. The van der Waals surface area contributed by atoms with Crippen molar-refractivity contribution in [3.63, 3.8) is 0 Å². The number of pyridine rings is 1. The van der Waals surface area contributed by atoms with Gasteiger partial charge in [-0.1, -0.05) is 22.0 Å². The van der Waals surface area contributed by atoms with Crippen LogP contribution in [0, 0.1) is 6.92 Å². The van der Waals surface area contributed by atoms with Crippen LogP contribution in [0.2, 0.25) is 0 Å². The first-order valence-electron chi connectivity index (χ1n) is 6.07. The maximum Gasteiger partial charge on any atom is 0.129 e. The van der Waals surface area contributed by atoms with Gasteiger partial charge in [-0.05, 0) is 44.7 Å². The zero-order valence-corrected chi connectivity index (χ0v) is 11.4. The Labute approximate surface area is 106 Å². The van der Waals surface area contributed by atoms with Gasteiger partial charge in [0.2, 0.25) is 0 Å². The molecule has 0 aromatic carbocycles. The Hall–Kier alpha value is -0.570. The van der Waals surface area contributed by atoms with Gasteiger partial charge in [0.15, 0.2) is 0 Å². The first-order valence-corrected chi connectivity index (χ1v) is 7.19. The predicted molar refractivity (Wildman–Crippen MR) is 72.4 cm³/mol. The Morgan fingerprint density at radius 2 is 2.38 bits per heavy atom. The second-order valence-corrected chi connectivity index (χ2v) is 5.25. The molecule has 2 nitrogen and oxygen atoms in total. The second-order valence-electron chi connectivity index (χ2n) is 4.46. The van der Waals surface area contributed by atoms with Crippen LogP contribution in [-0.2, 0) is 0 Å². The van der Waals surface area contributed by atoms with E-state index in [4.69, 9.17) is 0 Å². The first-order chi connectivity index (χ1) is 7.81. The monoisotopic (exact) mass is 282 g/mol. The summed E-state index contributed by atoms with van der Waals surface area (Å²) in [5.41, 5.74) is 1.11. The highest BCUT2D eigenvalue weighted by Crippen LogP contribution is 2.26. The lowest BCUT2D eigenvalue weighted by atomic mass is 10.1. The zero-order chi connectivity index (χ0) is 11.4. The third kappa shape index (κ3) is 2.76. The molecular formula is C13H19BrN2. The summed E-state index contributed by atoms with van der Waals surface area (Å²) in [7, 11) is 0. The summed E-state index contributed by atoms with van der Waals surface area (Å²) >= 11 is 3.51. The number of rotatable bonds is 4. The Kier molecular flexibility index (Phi) is 4.22. The fourth-order valence-electron chi connectivity index (χ4n) is 2.44. The Morgan fingerprint density at radius 1 is 1.50 bits per heavy atom. The van der Waals surface area contributed by atoms with Crippen molar-refractivity contribution in [2.24, 2.45) is 0 Å². The molecule has 1 aromatic heterocycles. The normalized spacial score (nSPS) is 20.4. The summed E-state index contributed by atoms with van der Waals surface area (Å²) < 4.78 is 0. The van der Waals surface area contributed by atoms with E-state index < -0.39 is 0 Å². The van der Waals surface area contributed by atoms with E-state index in [9.17, 15) is 0 Å². The van der Waals surface area contributed by atoms with Crippen molar-refractivity contribution in [2.45, 2.75) is 38.6 Å². The minimum absolute atomic E-state index is 0.701. The molecule has 1 fully saturated rings. The largest absolute Gasteiger partial charge is 0.354 e. The SMILES string of the molecule is Cc1cccc(N2CCCC2CCCBr)n1. The van der Waals surface area contributed by atoms with Crippen molar-refractivity contribution in [3.05, 3.63) is 23.9 Å². The van der Waals surface area contributed by atoms with E-state index in [0.29, 0.717) is 6.04 Å². The molecule has 0 amide bonds. The maximum absolute atomic E-state index is 4.63. The number of anilines is 1. The van der Waals surface area contributed by atoms with E-state index in [2.05, 4.69) is 50.9 Å². The Balaban J connectivity index is 2.07. The van der Waals surface area contributed by atoms with Crippen LogP contribution in [0.25, 0.3) is 0 Å². The summed E-state index contributed by atoms with van der Waals surface area (Å²) in [5, 5.41) is 1.11. The minimum Gasteiger partial charge on any atom is -0.354 e. The fourth-order valence-corrected chi connectivity index (χ4v) is 2.76. The average Bonchev–Trinajstić information content (AvgIpc) is 2.74. The van der Waals surface area contributed by atoms with Crippen molar-refractivity contribution in [1.29, 1.82) is 0 Å². The molecule has 3 heteroatoms. The molecule has 0 spiro atoms. The van der Waals surface area contributed by atoms with Crippen LogP contribution in [0.15, 0.2) is 18.2 Å². The number of hydrogen-bond donors (Lipinski definition) is 0. The molecule has 1 atom stereocenters. The smallest absolute Gasteiger partial charge is 0.129 e. The molecule has 2 heterocycles. The summed E-state index contributed by atoms with van der Waals surface area (Å²) in [4.78, 5) is 7.11. The number of aromatic nitrogens is 1. The van der Waals surface area contributed by atoms with Gasteiger partial charge < -0.3 is 4.90 Å². The maximum atomic E-state index is 4.63. The van der Waals surface area contributed by atoms with Crippen molar-refractivity contribution >= 4 is 21.7 Å². The quantitative estimate of drug-likeness (QED) is 0.786. The van der Waals surface area contributed by atoms with E-state index >= 15 is 0 Å². The number of halogens is 1. The van der Waals surface area contributed by atoms with E-state index in [1.54, 1.807) is 0 Å². The molecule has 0 saturated carbocycles. The third-order valence-electron chi connectivity index (χ3n) is 3.22. The molecule has 0 aliphatic carbocycles. The fraction of sp³-hybridized carbons (Fsp3) is 0.615. The van der Waals surface area contributed by atoms with Gasteiger partial charge in [0.05, 0.1) is 0 Å². The average molecular weight is 283 g/mol. The predicted octanol–water partition coefficient (Wildman–Crippen LogP) is 3.53. The highest BCUT2D eigenvalue weighted by atomic mass is 79.9. The molecule has 0 bridgehead atoms. The zero-order valence-electron chi connectivity index (χ0n) is 9.82. The summed E-state index contributed by atoms with van der Waals surface area (Å²) in [6, 6.07) is 7.01.